The van der Waals surface area contributed by atoms with Crippen molar-refractivity contribution < 1.29 is 19.1 Å². The topological polar surface area (TPSA) is 88.4 Å². The highest BCUT2D eigenvalue weighted by atomic mass is 35.5. The summed E-state index contributed by atoms with van der Waals surface area (Å²) in [7, 11) is 1.48. The molecule has 6 nitrogen and oxygen atoms in total. The Kier molecular flexibility index (Phi) is 6.98. The van der Waals surface area contributed by atoms with Crippen LogP contribution in [0.5, 0.6) is 5.75 Å². The van der Waals surface area contributed by atoms with Crippen molar-refractivity contribution in [3.63, 3.8) is 0 Å². The van der Waals surface area contributed by atoms with Gasteiger partial charge in [0.1, 0.15) is 17.4 Å². The lowest BCUT2D eigenvalue weighted by Gasteiger charge is -2.08. The van der Waals surface area contributed by atoms with Crippen LogP contribution in [0.2, 0.25) is 5.02 Å². The molecule has 0 saturated carbocycles. The van der Waals surface area contributed by atoms with E-state index in [4.69, 9.17) is 21.1 Å². The van der Waals surface area contributed by atoms with E-state index in [2.05, 4.69) is 5.32 Å². The number of methoxy groups -OCH3 is 1. The Morgan fingerprint density at radius 2 is 1.93 bits per heavy atom. The van der Waals surface area contributed by atoms with Gasteiger partial charge in [-0.05, 0) is 55.5 Å². The van der Waals surface area contributed by atoms with Gasteiger partial charge in [-0.2, -0.15) is 5.26 Å². The van der Waals surface area contributed by atoms with Gasteiger partial charge >= 0.3 is 5.97 Å². The number of ether oxygens (including phenoxy) is 2. The molecule has 0 radical (unpaired) electrons. The molecule has 0 bridgehead atoms. The minimum atomic E-state index is -0.594. The number of rotatable bonds is 6. The second-order valence-electron chi connectivity index (χ2n) is 5.31. The first-order valence-corrected chi connectivity index (χ1v) is 8.40. The van der Waals surface area contributed by atoms with Crippen molar-refractivity contribution in [3.8, 4) is 11.8 Å². The Morgan fingerprint density at radius 1 is 1.22 bits per heavy atom. The molecular formula is C20H17ClN2O4. The summed E-state index contributed by atoms with van der Waals surface area (Å²) in [6.07, 6.45) is 1.40. The lowest BCUT2D eigenvalue weighted by Crippen LogP contribution is -2.13. The van der Waals surface area contributed by atoms with E-state index in [1.54, 1.807) is 37.3 Å². The molecule has 0 aromatic heterocycles. The molecule has 1 amide bonds. The maximum Gasteiger partial charge on any atom is 0.338 e. The van der Waals surface area contributed by atoms with Crippen LogP contribution >= 0.6 is 11.6 Å². The SMILES string of the molecule is CCOC(=O)c1ccc(NC(=O)/C(C#N)=C/c2cc(Cl)ccc2OC)cc1. The van der Waals surface area contributed by atoms with Gasteiger partial charge in [-0.3, -0.25) is 4.79 Å². The Labute approximate surface area is 162 Å². The Balaban J connectivity index is 2.19. The van der Waals surface area contributed by atoms with Crippen LogP contribution in [0.3, 0.4) is 0 Å². The molecule has 7 heteroatoms. The van der Waals surface area contributed by atoms with Gasteiger partial charge in [-0.1, -0.05) is 11.6 Å². The number of nitrogens with zero attached hydrogens (tertiary/aromatic N) is 1. The van der Waals surface area contributed by atoms with E-state index < -0.39 is 11.9 Å². The van der Waals surface area contributed by atoms with E-state index in [0.29, 0.717) is 27.6 Å². The van der Waals surface area contributed by atoms with Gasteiger partial charge in [0.25, 0.3) is 5.91 Å². The minimum Gasteiger partial charge on any atom is -0.496 e. The normalized spacial score (nSPS) is 10.7. The standard InChI is InChI=1S/C20H17ClN2O4/c1-3-27-20(25)13-4-7-17(8-5-13)23-19(24)15(12-22)10-14-11-16(21)6-9-18(14)26-2/h4-11H,3H2,1-2H3,(H,23,24)/b15-10+. The highest BCUT2D eigenvalue weighted by molar-refractivity contribution is 6.30. The number of esters is 1. The average Bonchev–Trinajstić information content (AvgIpc) is 2.66. The van der Waals surface area contributed by atoms with Crippen molar-refractivity contribution >= 4 is 35.2 Å². The zero-order valence-corrected chi connectivity index (χ0v) is 15.5. The fraction of sp³-hybridized carbons (Fsp3) is 0.150. The van der Waals surface area contributed by atoms with Crippen molar-refractivity contribution in [3.05, 3.63) is 64.2 Å². The Morgan fingerprint density at radius 3 is 2.52 bits per heavy atom. The second kappa shape index (κ2) is 9.41. The highest BCUT2D eigenvalue weighted by Crippen LogP contribution is 2.25. The number of carbonyl (C=O) groups excluding carboxylic acids is 2. The number of nitriles is 1. The summed E-state index contributed by atoms with van der Waals surface area (Å²) in [4.78, 5) is 24.0. The minimum absolute atomic E-state index is 0.120. The summed E-state index contributed by atoms with van der Waals surface area (Å²) in [5.41, 5.74) is 1.20. The van der Waals surface area contributed by atoms with Gasteiger partial charge in [0.2, 0.25) is 0 Å². The lowest BCUT2D eigenvalue weighted by atomic mass is 10.1. The summed E-state index contributed by atoms with van der Waals surface area (Å²) in [6.45, 7) is 2.00. The van der Waals surface area contributed by atoms with E-state index in [1.165, 1.54) is 25.3 Å². The molecule has 2 aromatic carbocycles. The summed E-state index contributed by atoms with van der Waals surface area (Å²) in [5, 5.41) is 12.4. The zero-order chi connectivity index (χ0) is 19.8. The first-order chi connectivity index (χ1) is 13.0. The summed E-state index contributed by atoms with van der Waals surface area (Å²) >= 11 is 5.97. The first-order valence-electron chi connectivity index (χ1n) is 8.02. The largest absolute Gasteiger partial charge is 0.496 e. The molecule has 0 heterocycles. The van der Waals surface area contributed by atoms with Crippen LogP contribution in [0, 0.1) is 11.3 Å². The van der Waals surface area contributed by atoms with Crippen molar-refractivity contribution in [2.24, 2.45) is 0 Å². The first kappa shape index (κ1) is 20.0. The zero-order valence-electron chi connectivity index (χ0n) is 14.8. The predicted octanol–water partition coefficient (Wildman–Crippen LogP) is 4.07. The number of amides is 1. The third-order valence-corrected chi connectivity index (χ3v) is 3.75. The van der Waals surface area contributed by atoms with Crippen LogP contribution < -0.4 is 10.1 Å². The number of hydrogen-bond donors (Lipinski definition) is 1. The van der Waals surface area contributed by atoms with Gasteiger partial charge < -0.3 is 14.8 Å². The van der Waals surface area contributed by atoms with Gasteiger partial charge in [-0.25, -0.2) is 4.79 Å². The van der Waals surface area contributed by atoms with Crippen LogP contribution in [-0.4, -0.2) is 25.6 Å². The number of halogens is 1. The molecule has 0 aliphatic rings. The molecule has 0 atom stereocenters. The predicted molar refractivity (Wildman–Crippen MR) is 103 cm³/mol. The number of carbonyl (C=O) groups is 2. The lowest BCUT2D eigenvalue weighted by molar-refractivity contribution is -0.112. The van der Waals surface area contributed by atoms with E-state index in [9.17, 15) is 14.9 Å². The van der Waals surface area contributed by atoms with Gasteiger partial charge in [0, 0.05) is 16.3 Å². The summed E-state index contributed by atoms with van der Waals surface area (Å²) < 4.78 is 10.1. The van der Waals surface area contributed by atoms with Crippen molar-refractivity contribution in [2.75, 3.05) is 19.0 Å². The quantitative estimate of drug-likeness (QED) is 0.460. The van der Waals surface area contributed by atoms with Crippen LogP contribution in [0.15, 0.2) is 48.0 Å². The molecule has 0 fully saturated rings. The number of nitrogens with one attached hydrogen (secondary N) is 1. The molecule has 0 unspecified atom stereocenters. The Bertz CT molecular complexity index is 915. The van der Waals surface area contributed by atoms with E-state index in [-0.39, 0.29) is 12.2 Å². The molecule has 138 valence electrons. The van der Waals surface area contributed by atoms with Gasteiger partial charge in [-0.15, -0.1) is 0 Å². The van der Waals surface area contributed by atoms with Gasteiger partial charge in [0.05, 0.1) is 19.3 Å². The third kappa shape index (κ3) is 5.33. The molecule has 2 aromatic rings. The van der Waals surface area contributed by atoms with Crippen molar-refractivity contribution in [1.29, 1.82) is 5.26 Å². The average molecular weight is 385 g/mol. The number of hydrogen-bond acceptors (Lipinski definition) is 5. The van der Waals surface area contributed by atoms with Crippen LogP contribution in [-0.2, 0) is 9.53 Å². The van der Waals surface area contributed by atoms with Crippen LogP contribution in [0.4, 0.5) is 5.69 Å². The smallest absolute Gasteiger partial charge is 0.338 e. The maximum absolute atomic E-state index is 12.4. The van der Waals surface area contributed by atoms with Crippen LogP contribution in [0.1, 0.15) is 22.8 Å². The molecule has 0 spiro atoms. The van der Waals surface area contributed by atoms with E-state index in [0.717, 1.165) is 0 Å². The summed E-state index contributed by atoms with van der Waals surface area (Å²) in [6, 6.07) is 12.9. The fourth-order valence-corrected chi connectivity index (χ4v) is 2.41. The Hall–Kier alpha value is -3.30. The van der Waals surface area contributed by atoms with Gasteiger partial charge in [0.15, 0.2) is 0 Å². The fourth-order valence-electron chi connectivity index (χ4n) is 2.22. The van der Waals surface area contributed by atoms with E-state index >= 15 is 0 Å². The molecule has 27 heavy (non-hydrogen) atoms. The monoisotopic (exact) mass is 384 g/mol. The number of benzene rings is 2. The molecule has 0 aliphatic heterocycles. The molecule has 0 aliphatic carbocycles. The molecule has 2 rings (SSSR count). The van der Waals surface area contributed by atoms with Crippen molar-refractivity contribution in [1.82, 2.24) is 0 Å². The van der Waals surface area contributed by atoms with E-state index in [1.807, 2.05) is 6.07 Å². The summed E-state index contributed by atoms with van der Waals surface area (Å²) in [5.74, 6) is -0.553. The molecule has 0 saturated heterocycles. The maximum atomic E-state index is 12.4. The molecule has 1 N–H and O–H groups in total. The molecular weight excluding hydrogens is 368 g/mol. The number of anilines is 1. The van der Waals surface area contributed by atoms with Crippen molar-refractivity contribution in [2.45, 2.75) is 6.92 Å². The third-order valence-electron chi connectivity index (χ3n) is 3.51. The highest BCUT2D eigenvalue weighted by Gasteiger charge is 2.12. The van der Waals surface area contributed by atoms with Crippen LogP contribution in [0.25, 0.3) is 6.08 Å². The second-order valence-corrected chi connectivity index (χ2v) is 5.74.